The molecule has 0 spiro atoms. The summed E-state index contributed by atoms with van der Waals surface area (Å²) in [7, 11) is -3.94. The standard InChI is InChI=1S/C23H22F4N4O3S2/c24-16-3-1-14(2-4-16)20-11-15(23(25,26)27)7-9-31(20)19-8-10-34-21-12-17(5-6-18(19)21)36(32,33)30-22-28-13-29-35-22/h1-6,12-13,15,19-20H,7-11H2,(H,28,29,30)/t15-,19-,20+/m0/s1. The van der Waals surface area contributed by atoms with Gasteiger partial charge in [-0.25, -0.2) is 17.8 Å². The molecule has 2 aliphatic rings. The lowest BCUT2D eigenvalue weighted by Gasteiger charge is -2.46. The van der Waals surface area contributed by atoms with E-state index in [-0.39, 0.29) is 42.1 Å². The van der Waals surface area contributed by atoms with Gasteiger partial charge >= 0.3 is 6.18 Å². The third-order valence-electron chi connectivity index (χ3n) is 6.65. The number of hydrogen-bond acceptors (Lipinski definition) is 7. The first kappa shape index (κ1) is 24.9. The molecule has 0 saturated carbocycles. The molecule has 1 fully saturated rings. The van der Waals surface area contributed by atoms with Gasteiger partial charge in [0.2, 0.25) is 5.13 Å². The van der Waals surface area contributed by atoms with Crippen molar-refractivity contribution in [3.8, 4) is 5.75 Å². The van der Waals surface area contributed by atoms with Crippen LogP contribution in [0.3, 0.4) is 0 Å². The van der Waals surface area contributed by atoms with Crippen molar-refractivity contribution in [1.82, 2.24) is 14.3 Å². The second kappa shape index (κ2) is 9.60. The summed E-state index contributed by atoms with van der Waals surface area (Å²) in [6.45, 7) is 0.468. The van der Waals surface area contributed by atoms with E-state index in [4.69, 9.17) is 4.74 Å². The topological polar surface area (TPSA) is 84.4 Å². The average molecular weight is 543 g/mol. The summed E-state index contributed by atoms with van der Waals surface area (Å²) in [6, 6.07) is 9.21. The highest BCUT2D eigenvalue weighted by Crippen LogP contribution is 2.48. The van der Waals surface area contributed by atoms with Gasteiger partial charge in [0.25, 0.3) is 10.0 Å². The monoisotopic (exact) mass is 542 g/mol. The van der Waals surface area contributed by atoms with Gasteiger partial charge < -0.3 is 4.74 Å². The number of nitrogens with one attached hydrogen (secondary N) is 1. The van der Waals surface area contributed by atoms with Crippen LogP contribution in [0.25, 0.3) is 0 Å². The molecule has 13 heteroatoms. The third kappa shape index (κ3) is 5.04. The number of anilines is 1. The molecular formula is C23H22F4N4O3S2. The van der Waals surface area contributed by atoms with Crippen LogP contribution < -0.4 is 9.46 Å². The van der Waals surface area contributed by atoms with Crippen molar-refractivity contribution in [3.05, 3.63) is 65.7 Å². The van der Waals surface area contributed by atoms with Crippen molar-refractivity contribution in [2.45, 2.75) is 42.4 Å². The predicted octanol–water partition coefficient (Wildman–Crippen LogP) is 5.32. The molecule has 3 aromatic rings. The Morgan fingerprint density at radius 1 is 1.08 bits per heavy atom. The first-order valence-corrected chi connectivity index (χ1v) is 13.5. The molecule has 3 heterocycles. The number of nitrogens with zero attached hydrogens (tertiary/aromatic N) is 3. The lowest BCUT2D eigenvalue weighted by atomic mass is 9.84. The molecule has 0 radical (unpaired) electrons. The maximum atomic E-state index is 13.6. The van der Waals surface area contributed by atoms with Crippen molar-refractivity contribution in [3.63, 3.8) is 0 Å². The van der Waals surface area contributed by atoms with E-state index in [2.05, 4.69) is 14.1 Å². The SMILES string of the molecule is O=S(=O)(Nc1ncns1)c1ccc2c(c1)OCC[C@@H]2N1CC[C@H](C(F)(F)F)C[C@@H]1c1ccc(F)cc1. The number of hydrogen-bond donors (Lipinski definition) is 1. The van der Waals surface area contributed by atoms with Gasteiger partial charge in [-0.05, 0) is 43.1 Å². The quantitative estimate of drug-likeness (QED) is 0.440. The molecular weight excluding hydrogens is 520 g/mol. The highest BCUT2D eigenvalue weighted by molar-refractivity contribution is 7.93. The zero-order chi connectivity index (χ0) is 25.5. The predicted molar refractivity (Wildman–Crippen MR) is 125 cm³/mol. The summed E-state index contributed by atoms with van der Waals surface area (Å²) in [4.78, 5) is 5.81. The van der Waals surface area contributed by atoms with Gasteiger partial charge in [-0.15, -0.1) is 0 Å². The van der Waals surface area contributed by atoms with Crippen LogP contribution in [0.15, 0.2) is 53.7 Å². The van der Waals surface area contributed by atoms with Gasteiger partial charge in [0.15, 0.2) is 0 Å². The average Bonchev–Trinajstić information content (AvgIpc) is 3.35. The van der Waals surface area contributed by atoms with Crippen LogP contribution in [0, 0.1) is 11.7 Å². The fourth-order valence-corrected chi connectivity index (χ4v) is 6.60. The highest BCUT2D eigenvalue weighted by atomic mass is 32.2. The summed E-state index contributed by atoms with van der Waals surface area (Å²) >= 11 is 0.900. The Morgan fingerprint density at radius 3 is 2.56 bits per heavy atom. The normalized spacial score (nSPS) is 23.1. The molecule has 1 aromatic heterocycles. The molecule has 0 aliphatic carbocycles. The zero-order valence-corrected chi connectivity index (χ0v) is 20.4. The van der Waals surface area contributed by atoms with Crippen molar-refractivity contribution in [2.75, 3.05) is 17.9 Å². The van der Waals surface area contributed by atoms with E-state index in [1.165, 1.54) is 42.7 Å². The summed E-state index contributed by atoms with van der Waals surface area (Å²) in [5.74, 6) is -1.55. The Morgan fingerprint density at radius 2 is 1.86 bits per heavy atom. The minimum Gasteiger partial charge on any atom is -0.493 e. The number of piperidine rings is 1. The van der Waals surface area contributed by atoms with Gasteiger partial charge in [0.05, 0.1) is 17.4 Å². The van der Waals surface area contributed by atoms with Crippen molar-refractivity contribution >= 4 is 26.7 Å². The molecule has 7 nitrogen and oxygen atoms in total. The van der Waals surface area contributed by atoms with E-state index in [9.17, 15) is 26.0 Å². The van der Waals surface area contributed by atoms with E-state index in [1.807, 2.05) is 4.90 Å². The molecule has 5 rings (SSSR count). The number of likely N-dealkylation sites (tertiary alicyclic amines) is 1. The number of rotatable bonds is 5. The van der Waals surface area contributed by atoms with Crippen LogP contribution in [0.5, 0.6) is 5.75 Å². The maximum Gasteiger partial charge on any atom is 0.391 e. The molecule has 192 valence electrons. The molecule has 2 aliphatic heterocycles. The minimum atomic E-state index is -4.32. The number of fused-ring (bicyclic) bond motifs is 1. The Bertz CT molecular complexity index is 1320. The molecule has 1 N–H and O–H groups in total. The van der Waals surface area contributed by atoms with Gasteiger partial charge in [-0.2, -0.15) is 17.5 Å². The van der Waals surface area contributed by atoms with Gasteiger partial charge in [-0.3, -0.25) is 9.62 Å². The fourth-order valence-electron chi connectivity index (χ4n) is 4.92. The fraction of sp³-hybridized carbons (Fsp3) is 0.391. The summed E-state index contributed by atoms with van der Waals surface area (Å²) in [6.07, 6.45) is -2.74. The summed E-state index contributed by atoms with van der Waals surface area (Å²) < 4.78 is 91.9. The molecule has 1 saturated heterocycles. The number of sulfonamides is 1. The first-order valence-electron chi connectivity index (χ1n) is 11.3. The van der Waals surface area contributed by atoms with Crippen LogP contribution >= 0.6 is 11.5 Å². The lowest BCUT2D eigenvalue weighted by molar-refractivity contribution is -0.192. The zero-order valence-electron chi connectivity index (χ0n) is 18.8. The smallest absolute Gasteiger partial charge is 0.391 e. The molecule has 36 heavy (non-hydrogen) atoms. The molecule has 3 atom stereocenters. The Balaban J connectivity index is 1.46. The van der Waals surface area contributed by atoms with E-state index in [0.717, 1.165) is 11.5 Å². The summed E-state index contributed by atoms with van der Waals surface area (Å²) in [5.41, 5.74) is 1.31. The van der Waals surface area contributed by atoms with Gasteiger partial charge in [0, 0.05) is 41.7 Å². The highest BCUT2D eigenvalue weighted by Gasteiger charge is 2.46. The van der Waals surface area contributed by atoms with Gasteiger partial charge in [0.1, 0.15) is 17.9 Å². The van der Waals surface area contributed by atoms with E-state index in [0.29, 0.717) is 23.3 Å². The van der Waals surface area contributed by atoms with Crippen LogP contribution in [-0.2, 0) is 10.0 Å². The van der Waals surface area contributed by atoms with Crippen LogP contribution in [0.1, 0.15) is 42.5 Å². The van der Waals surface area contributed by atoms with Gasteiger partial charge in [-0.1, -0.05) is 18.2 Å². The largest absolute Gasteiger partial charge is 0.493 e. The number of alkyl halides is 3. The molecule has 2 aromatic carbocycles. The number of benzene rings is 2. The van der Waals surface area contributed by atoms with E-state index < -0.39 is 34.0 Å². The van der Waals surface area contributed by atoms with Crippen LogP contribution in [0.4, 0.5) is 22.7 Å². The minimum absolute atomic E-state index is 0.0250. The molecule has 0 unspecified atom stereocenters. The first-order chi connectivity index (χ1) is 17.1. The summed E-state index contributed by atoms with van der Waals surface area (Å²) in [5, 5.41) is 0.126. The Kier molecular flexibility index (Phi) is 6.64. The number of halogens is 4. The van der Waals surface area contributed by atoms with Crippen LogP contribution in [0.2, 0.25) is 0 Å². The van der Waals surface area contributed by atoms with Crippen molar-refractivity contribution < 1.29 is 30.7 Å². The maximum absolute atomic E-state index is 13.6. The number of aromatic nitrogens is 2. The molecule has 0 bridgehead atoms. The van der Waals surface area contributed by atoms with Crippen LogP contribution in [-0.4, -0.2) is 42.0 Å². The second-order valence-corrected chi connectivity index (χ2v) is 11.2. The Hall–Kier alpha value is -2.77. The Labute approximate surface area is 209 Å². The number of ether oxygens (including phenoxy) is 1. The van der Waals surface area contributed by atoms with E-state index >= 15 is 0 Å². The van der Waals surface area contributed by atoms with Crippen molar-refractivity contribution in [1.29, 1.82) is 0 Å². The molecule has 0 amide bonds. The third-order valence-corrected chi connectivity index (χ3v) is 8.69. The van der Waals surface area contributed by atoms with Crippen molar-refractivity contribution in [2.24, 2.45) is 5.92 Å². The van der Waals surface area contributed by atoms with E-state index in [1.54, 1.807) is 6.07 Å². The lowest BCUT2D eigenvalue weighted by Crippen LogP contribution is -2.44. The second-order valence-electron chi connectivity index (χ2n) is 8.77.